The molecule has 0 unspecified atom stereocenters. The predicted octanol–water partition coefficient (Wildman–Crippen LogP) is -2.53. The van der Waals surface area contributed by atoms with Crippen molar-refractivity contribution < 1.29 is 58.1 Å². The van der Waals surface area contributed by atoms with Gasteiger partial charge in [0.2, 0.25) is 0 Å². The quantitative estimate of drug-likeness (QED) is 0.416. The summed E-state index contributed by atoms with van der Waals surface area (Å²) in [5.74, 6) is 0. The van der Waals surface area contributed by atoms with Gasteiger partial charge in [-0.3, -0.25) is 0 Å². The Kier molecular flexibility index (Phi) is 409. The molecule has 39 valence electrons. The van der Waals surface area contributed by atoms with Crippen LogP contribution in [0.5, 0.6) is 0 Å². The second kappa shape index (κ2) is 41.1. The molecule has 0 spiro atoms. The van der Waals surface area contributed by atoms with Crippen LogP contribution in [0.3, 0.4) is 0 Å². The maximum absolute atomic E-state index is 0. The first-order valence-electron chi connectivity index (χ1n) is 0. The molecule has 0 aliphatic rings. The summed E-state index contributed by atoms with van der Waals surface area (Å²) >= 11 is 0. The van der Waals surface area contributed by atoms with Crippen molar-refractivity contribution in [2.75, 3.05) is 0 Å². The average Bonchev–Trinajstić information content (AvgIpc) is 0. The Morgan fingerprint density at radius 2 is 1.17 bits per heavy atom. The molecule has 6 heavy (non-hydrogen) atoms. The Bertz CT molecular complexity index is 22.0. The number of rotatable bonds is 0. The fourth-order valence-corrected chi connectivity index (χ4v) is 0. The molecule has 6 heteroatoms. The van der Waals surface area contributed by atoms with Gasteiger partial charge in [-0.1, -0.05) is 0 Å². The van der Waals surface area contributed by atoms with E-state index in [4.69, 9.17) is 0 Å². The molecule has 0 nitrogen and oxygen atoms in total. The van der Waals surface area contributed by atoms with Gasteiger partial charge in [-0.2, -0.15) is 0 Å². The minimum atomic E-state index is 0. The van der Waals surface area contributed by atoms with Crippen molar-refractivity contribution in [3.05, 3.63) is 0 Å². The van der Waals surface area contributed by atoms with E-state index in [1.807, 2.05) is 0 Å². The number of hydrogen-bond acceptors (Lipinski definition) is 0. The Morgan fingerprint density at radius 1 is 1.17 bits per heavy atom. The number of hydrogen-bond donors (Lipinski definition) is 0. The molecule has 0 aliphatic carbocycles. The zero-order valence-electron chi connectivity index (χ0n) is 4.88. The molecule has 0 aromatic carbocycles. The van der Waals surface area contributed by atoms with Crippen molar-refractivity contribution in [3.63, 3.8) is 0 Å². The fourth-order valence-electron chi connectivity index (χ4n) is 0. The van der Waals surface area contributed by atoms with Crippen LogP contribution < -0.4 is 0 Å². The second-order valence-electron chi connectivity index (χ2n) is 0. The van der Waals surface area contributed by atoms with Gasteiger partial charge in [0.05, 0.1) is 0 Å². The van der Waals surface area contributed by atoms with Crippen molar-refractivity contribution >= 4 is 51.4 Å². The maximum Gasteiger partial charge on any atom is 2.00 e. The first kappa shape index (κ1) is 59.7. The van der Waals surface area contributed by atoms with Crippen molar-refractivity contribution in [1.29, 1.82) is 0 Å². The first-order valence-corrected chi connectivity index (χ1v) is 0. The molecule has 0 N–H and O–H groups in total. The standard InChI is InChI=1S/Al.Fe.Mg.Ni.H3Si.Ti.5H/h;;;;1H3;;;;;;/q;;+2;;;;;;;2*-1. The summed E-state index contributed by atoms with van der Waals surface area (Å²) in [4.78, 5) is 0. The SMILES string of the molecule is [AlH3].[Fe].[H-].[H-].[Mg+2].[Ni].[SiH3].[Ti]. The van der Waals surface area contributed by atoms with Gasteiger partial charge in [-0.25, -0.2) is 0 Å². The molecule has 0 bridgehead atoms. The maximum atomic E-state index is 0. The van der Waals surface area contributed by atoms with Crippen LogP contribution in [0, 0.1) is 0 Å². The molecule has 0 atom stereocenters. The zero-order valence-corrected chi connectivity index (χ0v) is 9.94. The summed E-state index contributed by atoms with van der Waals surface area (Å²) in [6, 6.07) is 0. The van der Waals surface area contributed by atoms with E-state index in [2.05, 4.69) is 0 Å². The first-order chi connectivity index (χ1) is 0. The molecule has 0 saturated heterocycles. The Hall–Kier alpha value is 3.24. The molecule has 0 heterocycles. The summed E-state index contributed by atoms with van der Waals surface area (Å²) < 4.78 is 0. The molecule has 0 aromatic heterocycles. The van der Waals surface area contributed by atoms with E-state index in [1.165, 1.54) is 0 Å². The van der Waals surface area contributed by atoms with E-state index in [0.29, 0.717) is 0 Å². The summed E-state index contributed by atoms with van der Waals surface area (Å²) in [6.07, 6.45) is 0. The molecule has 0 aliphatic heterocycles. The van der Waals surface area contributed by atoms with Crippen molar-refractivity contribution in [3.8, 4) is 0 Å². The van der Waals surface area contributed by atoms with Gasteiger partial charge < -0.3 is 2.85 Å². The largest absolute Gasteiger partial charge is 2.00 e. The van der Waals surface area contributed by atoms with Crippen LogP contribution in [0.4, 0.5) is 0 Å². The van der Waals surface area contributed by atoms with Gasteiger partial charge in [0.15, 0.2) is 17.4 Å². The molecule has 0 rings (SSSR count). The molecule has 0 saturated carbocycles. The van der Waals surface area contributed by atoms with Crippen LogP contribution in [0.1, 0.15) is 2.85 Å². The summed E-state index contributed by atoms with van der Waals surface area (Å²) in [5.41, 5.74) is 0. The van der Waals surface area contributed by atoms with E-state index in [1.54, 1.807) is 0 Å². The normalized spacial score (nSPS) is 0. The van der Waals surface area contributed by atoms with E-state index in [9.17, 15) is 0 Å². The summed E-state index contributed by atoms with van der Waals surface area (Å²) in [6.45, 7) is 0. The van der Waals surface area contributed by atoms with Crippen LogP contribution in [0.25, 0.3) is 0 Å². The van der Waals surface area contributed by atoms with Gasteiger partial charge in [0.1, 0.15) is 0 Å². The summed E-state index contributed by atoms with van der Waals surface area (Å²) in [5, 5.41) is 0. The third kappa shape index (κ3) is 26.8. The topological polar surface area (TPSA) is 0 Å². The predicted molar refractivity (Wildman–Crippen MR) is 27.9 cm³/mol. The van der Waals surface area contributed by atoms with E-state index in [-0.39, 0.29) is 110 Å². The Labute approximate surface area is 108 Å². The second-order valence-corrected chi connectivity index (χ2v) is 0. The van der Waals surface area contributed by atoms with Crippen LogP contribution in [-0.2, 0) is 55.3 Å². The molecule has 0 aromatic rings. The Morgan fingerprint density at radius 3 is 1.17 bits per heavy atom. The van der Waals surface area contributed by atoms with Crippen molar-refractivity contribution in [2.24, 2.45) is 0 Å². The molecular formula is H8AlFeMgNiSiTi. The molecule has 0 amide bonds. The minimum absolute atomic E-state index is 0. The van der Waals surface area contributed by atoms with Crippen LogP contribution >= 0.6 is 0 Å². The third-order valence-corrected chi connectivity index (χ3v) is 0. The van der Waals surface area contributed by atoms with Crippen LogP contribution in [0.2, 0.25) is 0 Å². The van der Waals surface area contributed by atoms with Gasteiger partial charge >= 0.3 is 23.1 Å². The van der Waals surface area contributed by atoms with E-state index < -0.39 is 0 Å². The monoisotopic (exact) mass is 249 g/mol. The van der Waals surface area contributed by atoms with Crippen molar-refractivity contribution in [1.82, 2.24) is 0 Å². The molecule has 0 fully saturated rings. The van der Waals surface area contributed by atoms with E-state index in [0.717, 1.165) is 0 Å². The van der Waals surface area contributed by atoms with Gasteiger partial charge in [0, 0.05) is 55.3 Å². The van der Waals surface area contributed by atoms with Gasteiger partial charge in [-0.05, 0) is 11.0 Å². The smallest absolute Gasteiger partial charge is 1.00 e. The van der Waals surface area contributed by atoms with E-state index >= 15 is 0 Å². The minimum Gasteiger partial charge on any atom is -1.00 e. The van der Waals surface area contributed by atoms with Crippen LogP contribution in [-0.4, -0.2) is 51.4 Å². The van der Waals surface area contributed by atoms with Crippen molar-refractivity contribution in [2.45, 2.75) is 0 Å². The molecular weight excluding hydrogens is 242 g/mol. The van der Waals surface area contributed by atoms with Gasteiger partial charge in [-0.15, -0.1) is 0 Å². The Balaban J connectivity index is 0. The third-order valence-electron chi connectivity index (χ3n) is 0. The molecule has 1 radical (unpaired) electrons. The summed E-state index contributed by atoms with van der Waals surface area (Å²) in [7, 11) is 0. The van der Waals surface area contributed by atoms with Crippen LogP contribution in [0.15, 0.2) is 0 Å². The fraction of sp³-hybridized carbons (Fsp3) is 0. The van der Waals surface area contributed by atoms with Gasteiger partial charge in [0.25, 0.3) is 0 Å². The zero-order chi connectivity index (χ0) is 0. The average molecular weight is 250 g/mol.